The quantitative estimate of drug-likeness (QED) is 0.923. The Bertz CT molecular complexity index is 370. The second-order valence-electron chi connectivity index (χ2n) is 5.36. The van der Waals surface area contributed by atoms with Crippen molar-refractivity contribution in [1.82, 2.24) is 10.2 Å². The van der Waals surface area contributed by atoms with Crippen molar-refractivity contribution in [3.05, 3.63) is 34.3 Å². The minimum atomic E-state index is 0.239. The van der Waals surface area contributed by atoms with Gasteiger partial charge in [-0.1, -0.05) is 28.1 Å². The number of piperazine rings is 1. The van der Waals surface area contributed by atoms with Crippen molar-refractivity contribution in [3.8, 4) is 0 Å². The third-order valence-electron chi connectivity index (χ3n) is 3.50. The second-order valence-corrected chi connectivity index (χ2v) is 6.27. The van der Waals surface area contributed by atoms with E-state index in [2.05, 4.69) is 64.3 Å². The third-order valence-corrected chi connectivity index (χ3v) is 3.99. The van der Waals surface area contributed by atoms with Crippen molar-refractivity contribution < 1.29 is 0 Å². The van der Waals surface area contributed by atoms with Crippen LogP contribution in [0.15, 0.2) is 28.7 Å². The summed E-state index contributed by atoms with van der Waals surface area (Å²) in [5, 5.41) is 3.41. The van der Waals surface area contributed by atoms with Gasteiger partial charge in [-0.05, 0) is 38.0 Å². The van der Waals surface area contributed by atoms with Crippen LogP contribution >= 0.6 is 15.9 Å². The van der Waals surface area contributed by atoms with Gasteiger partial charge in [0.15, 0.2) is 0 Å². The number of benzene rings is 1. The molecule has 0 amide bonds. The maximum Gasteiger partial charge on any atom is 0.0194 e. The predicted molar refractivity (Wildman–Crippen MR) is 76.4 cm³/mol. The van der Waals surface area contributed by atoms with Crippen molar-refractivity contribution in [2.45, 2.75) is 25.8 Å². The monoisotopic (exact) mass is 296 g/mol. The first-order valence-corrected chi connectivity index (χ1v) is 7.07. The molecule has 0 atom stereocenters. The summed E-state index contributed by atoms with van der Waals surface area (Å²) in [6, 6.07) is 8.65. The molecule has 1 aliphatic rings. The fourth-order valence-corrected chi connectivity index (χ4v) is 2.98. The molecule has 0 saturated carbocycles. The molecule has 0 unspecified atom stereocenters. The predicted octanol–water partition coefficient (Wildman–Crippen LogP) is 2.68. The highest BCUT2D eigenvalue weighted by Crippen LogP contribution is 2.22. The van der Waals surface area contributed by atoms with Crippen LogP contribution in [0.4, 0.5) is 0 Å². The zero-order valence-electron chi connectivity index (χ0n) is 10.7. The molecule has 0 bridgehead atoms. The molecule has 0 spiro atoms. The molecule has 1 N–H and O–H groups in total. The highest BCUT2D eigenvalue weighted by Gasteiger charge is 2.27. The highest BCUT2D eigenvalue weighted by molar-refractivity contribution is 9.10. The van der Waals surface area contributed by atoms with Crippen LogP contribution in [-0.4, -0.2) is 36.6 Å². The van der Waals surface area contributed by atoms with E-state index < -0.39 is 0 Å². The van der Waals surface area contributed by atoms with Gasteiger partial charge < -0.3 is 5.32 Å². The molecule has 0 aliphatic carbocycles. The van der Waals surface area contributed by atoms with Crippen LogP contribution in [0.1, 0.15) is 19.4 Å². The van der Waals surface area contributed by atoms with Gasteiger partial charge in [0.25, 0.3) is 0 Å². The molecule has 1 aromatic rings. The third kappa shape index (κ3) is 3.54. The summed E-state index contributed by atoms with van der Waals surface area (Å²) in [5.74, 6) is 0. The summed E-state index contributed by atoms with van der Waals surface area (Å²) in [4.78, 5) is 2.59. The van der Waals surface area contributed by atoms with Gasteiger partial charge in [-0.3, -0.25) is 4.90 Å². The fraction of sp³-hybridized carbons (Fsp3) is 0.571. The lowest BCUT2D eigenvalue weighted by Crippen LogP contribution is -2.54. The Morgan fingerprint density at radius 2 is 2.00 bits per heavy atom. The van der Waals surface area contributed by atoms with Crippen molar-refractivity contribution in [1.29, 1.82) is 0 Å². The first-order valence-electron chi connectivity index (χ1n) is 6.28. The van der Waals surface area contributed by atoms with Gasteiger partial charge in [0.05, 0.1) is 0 Å². The minimum Gasteiger partial charge on any atom is -0.314 e. The molecule has 0 aromatic heterocycles. The van der Waals surface area contributed by atoms with E-state index in [1.165, 1.54) is 10.0 Å². The summed E-state index contributed by atoms with van der Waals surface area (Å²) in [6.45, 7) is 9.23. The lowest BCUT2D eigenvalue weighted by Gasteiger charge is -2.41. The molecule has 0 radical (unpaired) electrons. The topological polar surface area (TPSA) is 15.3 Å². The van der Waals surface area contributed by atoms with Crippen molar-refractivity contribution in [2.75, 3.05) is 26.2 Å². The lowest BCUT2D eigenvalue weighted by molar-refractivity contribution is 0.103. The van der Waals surface area contributed by atoms with Crippen LogP contribution < -0.4 is 5.32 Å². The second kappa shape index (κ2) is 5.51. The van der Waals surface area contributed by atoms with Crippen molar-refractivity contribution in [2.24, 2.45) is 0 Å². The molecule has 2 rings (SSSR count). The first-order chi connectivity index (χ1) is 8.08. The molecular formula is C14H21BrN2. The number of nitrogens with one attached hydrogen (secondary N) is 1. The van der Waals surface area contributed by atoms with Gasteiger partial charge in [0.2, 0.25) is 0 Å². The Hall–Kier alpha value is -0.380. The van der Waals surface area contributed by atoms with E-state index in [-0.39, 0.29) is 5.54 Å². The van der Waals surface area contributed by atoms with E-state index in [9.17, 15) is 0 Å². The molecule has 17 heavy (non-hydrogen) atoms. The van der Waals surface area contributed by atoms with E-state index >= 15 is 0 Å². The summed E-state index contributed by atoms with van der Waals surface area (Å²) >= 11 is 3.54. The number of rotatable bonds is 3. The van der Waals surface area contributed by atoms with E-state index in [0.29, 0.717) is 0 Å². The van der Waals surface area contributed by atoms with Crippen LogP contribution in [0.25, 0.3) is 0 Å². The fourth-order valence-electron chi connectivity index (χ4n) is 2.53. The standard InChI is InChI=1S/C14H21BrN2/c1-14(2,17-8-6-16-7-9-17)11-12-4-3-5-13(15)10-12/h3-5,10,16H,6-9,11H2,1-2H3. The zero-order valence-corrected chi connectivity index (χ0v) is 12.3. The largest absolute Gasteiger partial charge is 0.314 e. The summed E-state index contributed by atoms with van der Waals surface area (Å²) in [6.07, 6.45) is 1.10. The Labute approximate surface area is 113 Å². The van der Waals surface area contributed by atoms with E-state index in [1.54, 1.807) is 0 Å². The van der Waals surface area contributed by atoms with Crippen LogP contribution in [-0.2, 0) is 6.42 Å². The van der Waals surface area contributed by atoms with Gasteiger partial charge in [-0.2, -0.15) is 0 Å². The zero-order chi connectivity index (χ0) is 12.3. The number of hydrogen-bond donors (Lipinski definition) is 1. The van der Waals surface area contributed by atoms with Gasteiger partial charge in [-0.15, -0.1) is 0 Å². The molecule has 94 valence electrons. The summed E-state index contributed by atoms with van der Waals surface area (Å²) < 4.78 is 1.17. The molecule has 1 aromatic carbocycles. The van der Waals surface area contributed by atoms with Gasteiger partial charge in [0.1, 0.15) is 0 Å². The Morgan fingerprint density at radius 1 is 1.29 bits per heavy atom. The lowest BCUT2D eigenvalue weighted by atomic mass is 9.92. The van der Waals surface area contributed by atoms with E-state index in [1.807, 2.05) is 0 Å². The number of nitrogens with zero attached hydrogens (tertiary/aromatic N) is 1. The highest BCUT2D eigenvalue weighted by atomic mass is 79.9. The SMILES string of the molecule is CC(C)(Cc1cccc(Br)c1)N1CCNCC1. The van der Waals surface area contributed by atoms with E-state index in [4.69, 9.17) is 0 Å². The van der Waals surface area contributed by atoms with E-state index in [0.717, 1.165) is 32.6 Å². The van der Waals surface area contributed by atoms with Crippen LogP contribution in [0.2, 0.25) is 0 Å². The molecule has 2 nitrogen and oxygen atoms in total. The van der Waals surface area contributed by atoms with Crippen molar-refractivity contribution in [3.63, 3.8) is 0 Å². The molecule has 1 saturated heterocycles. The first kappa shape index (κ1) is 13.1. The Morgan fingerprint density at radius 3 is 2.65 bits per heavy atom. The molecular weight excluding hydrogens is 276 g/mol. The normalized spacial score (nSPS) is 18.3. The molecule has 3 heteroatoms. The average Bonchev–Trinajstić information content (AvgIpc) is 2.29. The maximum atomic E-state index is 3.54. The summed E-state index contributed by atoms with van der Waals surface area (Å²) in [5.41, 5.74) is 1.64. The van der Waals surface area contributed by atoms with Gasteiger partial charge >= 0.3 is 0 Å². The number of halogens is 1. The Kier molecular flexibility index (Phi) is 4.23. The molecule has 1 aliphatic heterocycles. The smallest absolute Gasteiger partial charge is 0.0194 e. The Balaban J connectivity index is 2.05. The average molecular weight is 297 g/mol. The van der Waals surface area contributed by atoms with Crippen LogP contribution in [0, 0.1) is 0 Å². The summed E-state index contributed by atoms with van der Waals surface area (Å²) in [7, 11) is 0. The maximum absolute atomic E-state index is 3.54. The van der Waals surface area contributed by atoms with Crippen LogP contribution in [0.5, 0.6) is 0 Å². The van der Waals surface area contributed by atoms with Crippen LogP contribution in [0.3, 0.4) is 0 Å². The number of hydrogen-bond acceptors (Lipinski definition) is 2. The minimum absolute atomic E-state index is 0.239. The van der Waals surface area contributed by atoms with Crippen molar-refractivity contribution >= 4 is 15.9 Å². The van der Waals surface area contributed by atoms with Gasteiger partial charge in [0, 0.05) is 36.2 Å². The van der Waals surface area contributed by atoms with Gasteiger partial charge in [-0.25, -0.2) is 0 Å². The molecule has 1 heterocycles. The molecule has 1 fully saturated rings.